The number of amides is 1. The van der Waals surface area contributed by atoms with Crippen LogP contribution in [0.1, 0.15) is 35.1 Å². The van der Waals surface area contributed by atoms with Crippen molar-refractivity contribution in [3.63, 3.8) is 0 Å². The van der Waals surface area contributed by atoms with Gasteiger partial charge in [-0.3, -0.25) is 10.1 Å². The van der Waals surface area contributed by atoms with Crippen LogP contribution in [0.5, 0.6) is 5.75 Å². The van der Waals surface area contributed by atoms with Crippen molar-refractivity contribution in [3.8, 4) is 5.75 Å². The molecule has 1 fully saturated rings. The summed E-state index contributed by atoms with van der Waals surface area (Å²) >= 11 is 0. The van der Waals surface area contributed by atoms with Gasteiger partial charge in [0.2, 0.25) is 5.89 Å². The van der Waals surface area contributed by atoms with E-state index in [0.29, 0.717) is 5.89 Å². The van der Waals surface area contributed by atoms with Crippen molar-refractivity contribution < 1.29 is 18.7 Å². The van der Waals surface area contributed by atoms with Crippen LogP contribution in [0.4, 0.5) is 10.4 Å². The van der Waals surface area contributed by atoms with Crippen LogP contribution < -0.4 is 10.6 Å². The number of benzene rings is 1. The summed E-state index contributed by atoms with van der Waals surface area (Å²) in [4.78, 5) is 11.9. The number of anilines is 1. The summed E-state index contributed by atoms with van der Waals surface area (Å²) in [6.07, 6.45) is 1.89. The molecular weight excluding hydrogens is 279 g/mol. The number of phenolic OH excluding ortho intramolecular Hbond substituents is 1. The van der Waals surface area contributed by atoms with Crippen LogP contribution in [0, 0.1) is 5.82 Å². The van der Waals surface area contributed by atoms with E-state index in [1.165, 1.54) is 12.1 Å². The largest absolute Gasteiger partial charge is 0.507 e. The van der Waals surface area contributed by atoms with Crippen LogP contribution in [-0.2, 0) is 0 Å². The molecule has 0 bridgehead atoms. The van der Waals surface area contributed by atoms with Gasteiger partial charge in [0.15, 0.2) is 0 Å². The molecule has 1 aliphatic heterocycles. The van der Waals surface area contributed by atoms with Crippen LogP contribution in [0.2, 0.25) is 0 Å². The van der Waals surface area contributed by atoms with Crippen LogP contribution in [0.3, 0.4) is 0 Å². The lowest BCUT2D eigenvalue weighted by molar-refractivity contribution is 0.101. The highest BCUT2D eigenvalue weighted by molar-refractivity contribution is 6.05. The average Bonchev–Trinajstić information content (AvgIpc) is 3.08. The van der Waals surface area contributed by atoms with Crippen molar-refractivity contribution in [2.24, 2.45) is 0 Å². The van der Waals surface area contributed by atoms with E-state index >= 15 is 0 Å². The Morgan fingerprint density at radius 3 is 3.05 bits per heavy atom. The Hall–Kier alpha value is -2.48. The van der Waals surface area contributed by atoms with E-state index in [1.807, 2.05) is 0 Å². The van der Waals surface area contributed by atoms with E-state index in [4.69, 9.17) is 4.42 Å². The fourth-order valence-corrected chi connectivity index (χ4v) is 2.22. The molecule has 0 saturated carbocycles. The molecule has 7 nitrogen and oxygen atoms in total. The van der Waals surface area contributed by atoms with Crippen molar-refractivity contribution in [2.75, 3.05) is 11.9 Å². The standard InChI is InChI=1S/C13H13FN4O3/c14-7-3-1-5-9(19)10(7)11(20)16-13-18-17-12(21-13)8-4-2-6-15-8/h1,3,5,8,15,19H,2,4,6H2,(H,16,18,20). The van der Waals surface area contributed by atoms with Gasteiger partial charge in [-0.05, 0) is 31.5 Å². The number of rotatable bonds is 3. The van der Waals surface area contributed by atoms with Gasteiger partial charge in [0.05, 0.1) is 6.04 Å². The number of carbonyl (C=O) groups excluding carboxylic acids is 1. The van der Waals surface area contributed by atoms with Gasteiger partial charge in [0.25, 0.3) is 5.91 Å². The van der Waals surface area contributed by atoms with E-state index in [2.05, 4.69) is 20.8 Å². The number of phenols is 1. The maximum Gasteiger partial charge on any atom is 0.322 e. The summed E-state index contributed by atoms with van der Waals surface area (Å²) in [6, 6.07) is 3.45. The predicted octanol–water partition coefficient (Wildman–Crippen LogP) is 1.59. The normalized spacial score (nSPS) is 17.9. The lowest BCUT2D eigenvalue weighted by atomic mass is 10.2. The monoisotopic (exact) mass is 292 g/mol. The average molecular weight is 292 g/mol. The second-order valence-electron chi connectivity index (χ2n) is 4.68. The lowest BCUT2D eigenvalue weighted by Crippen LogP contribution is -2.14. The first-order valence-electron chi connectivity index (χ1n) is 6.51. The minimum absolute atomic E-state index is 0.0231. The predicted molar refractivity (Wildman–Crippen MR) is 70.3 cm³/mol. The maximum atomic E-state index is 13.6. The molecule has 0 spiro atoms. The molecule has 2 aromatic rings. The molecule has 0 aliphatic carbocycles. The minimum Gasteiger partial charge on any atom is -0.507 e. The summed E-state index contributed by atoms with van der Waals surface area (Å²) in [5.74, 6) is -1.75. The highest BCUT2D eigenvalue weighted by Crippen LogP contribution is 2.24. The number of aromatic nitrogens is 2. The number of nitrogens with one attached hydrogen (secondary N) is 2. The molecule has 1 aromatic heterocycles. The fraction of sp³-hybridized carbons (Fsp3) is 0.308. The molecule has 3 rings (SSSR count). The summed E-state index contributed by atoms with van der Waals surface area (Å²) in [5.41, 5.74) is -0.462. The molecule has 1 aromatic carbocycles. The van der Waals surface area contributed by atoms with Gasteiger partial charge < -0.3 is 14.8 Å². The third-order valence-electron chi connectivity index (χ3n) is 3.24. The molecule has 21 heavy (non-hydrogen) atoms. The van der Waals surface area contributed by atoms with Gasteiger partial charge >= 0.3 is 6.01 Å². The summed E-state index contributed by atoms with van der Waals surface area (Å²) in [5, 5.41) is 22.5. The van der Waals surface area contributed by atoms with Gasteiger partial charge in [0.1, 0.15) is 17.1 Å². The Morgan fingerprint density at radius 2 is 2.33 bits per heavy atom. The number of aromatic hydroxyl groups is 1. The molecule has 3 N–H and O–H groups in total. The first-order chi connectivity index (χ1) is 10.1. The molecule has 8 heteroatoms. The van der Waals surface area contributed by atoms with E-state index in [0.717, 1.165) is 25.5 Å². The third-order valence-corrected chi connectivity index (χ3v) is 3.24. The molecule has 1 unspecified atom stereocenters. The van der Waals surface area contributed by atoms with E-state index in [-0.39, 0.29) is 12.1 Å². The van der Waals surface area contributed by atoms with Crippen LogP contribution in [0.15, 0.2) is 22.6 Å². The van der Waals surface area contributed by atoms with Crippen LogP contribution in [-0.4, -0.2) is 27.8 Å². The number of hydrogen-bond acceptors (Lipinski definition) is 6. The second kappa shape index (κ2) is 5.49. The molecule has 1 amide bonds. The smallest absolute Gasteiger partial charge is 0.322 e. The zero-order chi connectivity index (χ0) is 14.8. The first-order valence-corrected chi connectivity index (χ1v) is 6.51. The Balaban J connectivity index is 1.76. The Morgan fingerprint density at radius 1 is 1.48 bits per heavy atom. The second-order valence-corrected chi connectivity index (χ2v) is 4.68. The van der Waals surface area contributed by atoms with Crippen LogP contribution in [0.25, 0.3) is 0 Å². The van der Waals surface area contributed by atoms with Crippen molar-refractivity contribution in [2.45, 2.75) is 18.9 Å². The van der Waals surface area contributed by atoms with Gasteiger partial charge in [-0.15, -0.1) is 5.10 Å². The van der Waals surface area contributed by atoms with E-state index in [1.54, 1.807) is 0 Å². The number of hydrogen-bond donors (Lipinski definition) is 3. The zero-order valence-electron chi connectivity index (χ0n) is 11.0. The fourth-order valence-electron chi connectivity index (χ4n) is 2.22. The quantitative estimate of drug-likeness (QED) is 0.794. The SMILES string of the molecule is O=C(Nc1nnc(C2CCCN2)o1)c1c(O)cccc1F. The van der Waals surface area contributed by atoms with Gasteiger partial charge in [-0.2, -0.15) is 0 Å². The number of nitrogens with zero attached hydrogens (tertiary/aromatic N) is 2. The first kappa shape index (κ1) is 13.5. The minimum atomic E-state index is -0.847. The van der Waals surface area contributed by atoms with E-state index in [9.17, 15) is 14.3 Å². The molecule has 1 atom stereocenters. The van der Waals surface area contributed by atoms with Crippen molar-refractivity contribution in [1.29, 1.82) is 0 Å². The summed E-state index contributed by atoms with van der Waals surface area (Å²) in [7, 11) is 0. The Labute approximate surface area is 119 Å². The van der Waals surface area contributed by atoms with Gasteiger partial charge in [-0.25, -0.2) is 4.39 Å². The van der Waals surface area contributed by atoms with Crippen molar-refractivity contribution in [3.05, 3.63) is 35.5 Å². The number of carbonyl (C=O) groups is 1. The summed E-state index contributed by atoms with van der Waals surface area (Å²) < 4.78 is 18.9. The topological polar surface area (TPSA) is 100 Å². The summed E-state index contributed by atoms with van der Waals surface area (Å²) in [6.45, 7) is 0.873. The molecule has 2 heterocycles. The number of halogens is 1. The maximum absolute atomic E-state index is 13.6. The highest BCUT2D eigenvalue weighted by Gasteiger charge is 2.23. The highest BCUT2D eigenvalue weighted by atomic mass is 19.1. The van der Waals surface area contributed by atoms with Crippen LogP contribution >= 0.6 is 0 Å². The van der Waals surface area contributed by atoms with Crippen molar-refractivity contribution >= 4 is 11.9 Å². The molecule has 110 valence electrons. The third kappa shape index (κ3) is 2.70. The molecular formula is C13H13FN4O3. The Kier molecular flexibility index (Phi) is 3.53. The van der Waals surface area contributed by atoms with Gasteiger partial charge in [0, 0.05) is 0 Å². The van der Waals surface area contributed by atoms with Crippen molar-refractivity contribution in [1.82, 2.24) is 15.5 Å². The molecule has 0 radical (unpaired) electrons. The van der Waals surface area contributed by atoms with E-state index < -0.39 is 23.0 Å². The van der Waals surface area contributed by atoms with Gasteiger partial charge in [-0.1, -0.05) is 11.2 Å². The molecule has 1 aliphatic rings. The lowest BCUT2D eigenvalue weighted by Gasteiger charge is -2.05. The Bertz CT molecular complexity index is 647. The zero-order valence-corrected chi connectivity index (χ0v) is 11.0. The molecule has 1 saturated heterocycles.